The number of amides is 1. The molecule has 0 aromatic heterocycles. The molecule has 2 N–H and O–H groups in total. The first kappa shape index (κ1) is 13.8. The van der Waals surface area contributed by atoms with E-state index in [4.69, 9.17) is 5.73 Å². The van der Waals surface area contributed by atoms with Gasteiger partial charge in [0.05, 0.1) is 0 Å². The van der Waals surface area contributed by atoms with Gasteiger partial charge in [-0.1, -0.05) is 6.07 Å². The second-order valence-corrected chi connectivity index (χ2v) is 4.67. The highest BCUT2D eigenvalue weighted by Gasteiger charge is 2.12. The summed E-state index contributed by atoms with van der Waals surface area (Å²) in [5.41, 5.74) is 9.09. The van der Waals surface area contributed by atoms with Crippen molar-refractivity contribution in [2.45, 2.75) is 6.92 Å². The van der Waals surface area contributed by atoms with Gasteiger partial charge < -0.3 is 10.6 Å². The van der Waals surface area contributed by atoms with Crippen LogP contribution in [-0.2, 0) is 4.79 Å². The molecule has 0 radical (unpaired) electrons. The number of rotatable bonds is 4. The van der Waals surface area contributed by atoms with Gasteiger partial charge >= 0.3 is 0 Å². The molecule has 0 bridgehead atoms. The average molecular weight is 268 g/mol. The number of carbonyl (C=O) groups is 2. The summed E-state index contributed by atoms with van der Waals surface area (Å²) >= 11 is 0. The molecule has 2 aromatic carbocycles. The van der Waals surface area contributed by atoms with Gasteiger partial charge in [-0.25, -0.2) is 0 Å². The molecule has 0 saturated heterocycles. The van der Waals surface area contributed by atoms with Crippen LogP contribution in [0, 0.1) is 6.92 Å². The largest absolute Gasteiger partial charge is 0.399 e. The van der Waals surface area contributed by atoms with Gasteiger partial charge in [0.25, 0.3) is 0 Å². The molecular weight excluding hydrogens is 252 g/mol. The van der Waals surface area contributed by atoms with Crippen LogP contribution in [0.3, 0.4) is 0 Å². The normalized spacial score (nSPS) is 10.1. The van der Waals surface area contributed by atoms with E-state index in [9.17, 15) is 9.59 Å². The third-order valence-corrected chi connectivity index (χ3v) is 3.20. The molecule has 1 amide bonds. The van der Waals surface area contributed by atoms with Crippen LogP contribution in [0.15, 0.2) is 42.5 Å². The molecule has 2 aromatic rings. The van der Waals surface area contributed by atoms with Gasteiger partial charge in [0.15, 0.2) is 5.78 Å². The Morgan fingerprint density at radius 3 is 2.40 bits per heavy atom. The van der Waals surface area contributed by atoms with Crippen LogP contribution in [0.5, 0.6) is 0 Å². The van der Waals surface area contributed by atoms with E-state index in [0.29, 0.717) is 16.8 Å². The van der Waals surface area contributed by atoms with Crippen LogP contribution >= 0.6 is 0 Å². The number of anilines is 2. The Bertz CT molecular complexity index is 648. The minimum absolute atomic E-state index is 0.0740. The lowest BCUT2D eigenvalue weighted by molar-refractivity contribution is -0.107. The molecule has 0 aliphatic carbocycles. The quantitative estimate of drug-likeness (QED) is 0.526. The number of nitrogen functional groups attached to an aromatic ring is 1. The van der Waals surface area contributed by atoms with E-state index in [-0.39, 0.29) is 5.78 Å². The second-order valence-electron chi connectivity index (χ2n) is 4.67. The number of ketones is 1. The Balaban J connectivity index is 2.34. The molecule has 0 fully saturated rings. The molecule has 0 heterocycles. The fraction of sp³-hybridized carbons (Fsp3) is 0.125. The maximum absolute atomic E-state index is 12.4. The lowest BCUT2D eigenvalue weighted by atomic mass is 9.98. The number of carbonyl (C=O) groups excluding carboxylic acids is 2. The zero-order chi connectivity index (χ0) is 14.7. The smallest absolute Gasteiger partial charge is 0.213 e. The van der Waals surface area contributed by atoms with Crippen molar-refractivity contribution in [1.82, 2.24) is 0 Å². The van der Waals surface area contributed by atoms with Crippen molar-refractivity contribution in [2.75, 3.05) is 17.7 Å². The number of hydrogen-bond acceptors (Lipinski definition) is 3. The predicted octanol–water partition coefficient (Wildman–Crippen LogP) is 2.40. The first-order valence-electron chi connectivity index (χ1n) is 6.22. The fourth-order valence-electron chi connectivity index (χ4n) is 1.95. The zero-order valence-electron chi connectivity index (χ0n) is 11.5. The summed E-state index contributed by atoms with van der Waals surface area (Å²) in [6.07, 6.45) is 0.721. The summed E-state index contributed by atoms with van der Waals surface area (Å²) in [7, 11) is 1.66. The Hall–Kier alpha value is -2.62. The Morgan fingerprint density at radius 2 is 1.80 bits per heavy atom. The highest BCUT2D eigenvalue weighted by Crippen LogP contribution is 2.19. The summed E-state index contributed by atoms with van der Waals surface area (Å²) in [6.45, 7) is 1.88. The van der Waals surface area contributed by atoms with Crippen LogP contribution in [0.4, 0.5) is 11.4 Å². The van der Waals surface area contributed by atoms with Gasteiger partial charge in [0.1, 0.15) is 0 Å². The summed E-state index contributed by atoms with van der Waals surface area (Å²) < 4.78 is 0. The van der Waals surface area contributed by atoms with E-state index < -0.39 is 0 Å². The monoisotopic (exact) mass is 268 g/mol. The van der Waals surface area contributed by atoms with Crippen LogP contribution in [0.1, 0.15) is 21.5 Å². The van der Waals surface area contributed by atoms with Crippen molar-refractivity contribution >= 4 is 23.6 Å². The Labute approximate surface area is 117 Å². The van der Waals surface area contributed by atoms with Gasteiger partial charge in [-0.2, -0.15) is 0 Å². The maximum Gasteiger partial charge on any atom is 0.213 e. The van der Waals surface area contributed by atoms with E-state index in [2.05, 4.69) is 0 Å². The van der Waals surface area contributed by atoms with Crippen LogP contribution in [0.2, 0.25) is 0 Å². The third kappa shape index (κ3) is 2.69. The zero-order valence-corrected chi connectivity index (χ0v) is 11.5. The molecule has 0 aliphatic heterocycles. The lowest BCUT2D eigenvalue weighted by Gasteiger charge is -2.11. The Kier molecular flexibility index (Phi) is 3.84. The van der Waals surface area contributed by atoms with E-state index in [1.165, 1.54) is 4.90 Å². The van der Waals surface area contributed by atoms with E-state index in [0.717, 1.165) is 17.7 Å². The number of hydrogen-bond donors (Lipinski definition) is 1. The number of aryl methyl sites for hydroxylation is 1. The molecule has 4 nitrogen and oxygen atoms in total. The number of benzene rings is 2. The summed E-state index contributed by atoms with van der Waals surface area (Å²) in [5, 5.41) is 0. The first-order valence-corrected chi connectivity index (χ1v) is 6.22. The van der Waals surface area contributed by atoms with Gasteiger partial charge in [0, 0.05) is 29.5 Å². The van der Waals surface area contributed by atoms with Crippen LogP contribution < -0.4 is 10.6 Å². The number of nitrogens with two attached hydrogens (primary N) is 1. The molecule has 0 atom stereocenters. The lowest BCUT2D eigenvalue weighted by Crippen LogP contribution is -2.13. The summed E-state index contributed by atoms with van der Waals surface area (Å²) in [6, 6.07) is 12.2. The van der Waals surface area contributed by atoms with Gasteiger partial charge in [0.2, 0.25) is 6.41 Å². The second kappa shape index (κ2) is 5.57. The molecule has 0 unspecified atom stereocenters. The molecule has 0 aliphatic rings. The van der Waals surface area contributed by atoms with Crippen molar-refractivity contribution in [3.63, 3.8) is 0 Å². The maximum atomic E-state index is 12.4. The third-order valence-electron chi connectivity index (χ3n) is 3.20. The highest BCUT2D eigenvalue weighted by molar-refractivity contribution is 6.10. The van der Waals surface area contributed by atoms with E-state index in [1.54, 1.807) is 43.4 Å². The van der Waals surface area contributed by atoms with Crippen molar-refractivity contribution < 1.29 is 9.59 Å². The molecule has 0 saturated carbocycles. The highest BCUT2D eigenvalue weighted by atomic mass is 16.1. The van der Waals surface area contributed by atoms with E-state index >= 15 is 0 Å². The van der Waals surface area contributed by atoms with Crippen molar-refractivity contribution in [3.8, 4) is 0 Å². The van der Waals surface area contributed by atoms with Gasteiger partial charge in [-0.05, 0) is 48.9 Å². The summed E-state index contributed by atoms with van der Waals surface area (Å²) in [4.78, 5) is 24.5. The molecule has 102 valence electrons. The molecule has 20 heavy (non-hydrogen) atoms. The topological polar surface area (TPSA) is 63.4 Å². The van der Waals surface area contributed by atoms with Gasteiger partial charge in [-0.3, -0.25) is 9.59 Å². The predicted molar refractivity (Wildman–Crippen MR) is 79.9 cm³/mol. The average Bonchev–Trinajstić information content (AvgIpc) is 2.48. The first-order chi connectivity index (χ1) is 9.52. The minimum atomic E-state index is -0.0740. The van der Waals surface area contributed by atoms with E-state index in [1.807, 2.05) is 13.0 Å². The fourth-order valence-corrected chi connectivity index (χ4v) is 1.95. The van der Waals surface area contributed by atoms with Gasteiger partial charge in [-0.15, -0.1) is 0 Å². The SMILES string of the molecule is Cc1ccc(N)cc1C(=O)c1ccc(N(C)C=O)cc1. The molecule has 0 spiro atoms. The van der Waals surface area contributed by atoms with Crippen LogP contribution in [0.25, 0.3) is 0 Å². The summed E-state index contributed by atoms with van der Waals surface area (Å²) in [5.74, 6) is -0.0740. The van der Waals surface area contributed by atoms with Crippen molar-refractivity contribution in [1.29, 1.82) is 0 Å². The standard InChI is InChI=1S/C16H16N2O2/c1-11-3-6-13(17)9-15(11)16(20)12-4-7-14(8-5-12)18(2)10-19/h3-10H,17H2,1-2H3. The van der Waals surface area contributed by atoms with Crippen molar-refractivity contribution in [2.24, 2.45) is 0 Å². The minimum Gasteiger partial charge on any atom is -0.399 e. The molecule has 4 heteroatoms. The molecular formula is C16H16N2O2. The molecule has 2 rings (SSSR count). The van der Waals surface area contributed by atoms with Crippen LogP contribution in [-0.4, -0.2) is 19.2 Å². The van der Waals surface area contributed by atoms with Crippen molar-refractivity contribution in [3.05, 3.63) is 59.2 Å². The Morgan fingerprint density at radius 1 is 1.15 bits per heavy atom. The number of nitrogens with zero attached hydrogens (tertiary/aromatic N) is 1.